The van der Waals surface area contributed by atoms with Crippen LogP contribution in [0, 0.1) is 5.82 Å². The molecule has 2 aromatic heterocycles. The maximum atomic E-state index is 14.0. The number of pyridine rings is 1. The molecule has 0 saturated carbocycles. The Morgan fingerprint density at radius 3 is 2.63 bits per heavy atom. The topological polar surface area (TPSA) is 99.5 Å². The van der Waals surface area contributed by atoms with Crippen LogP contribution >= 0.6 is 12.2 Å². The van der Waals surface area contributed by atoms with Crippen molar-refractivity contribution in [1.82, 2.24) is 19.8 Å². The van der Waals surface area contributed by atoms with Crippen LogP contribution in [0.15, 0.2) is 91.3 Å². The van der Waals surface area contributed by atoms with Crippen molar-refractivity contribution < 1.29 is 19.1 Å². The Morgan fingerprint density at radius 1 is 1.05 bits per heavy atom. The van der Waals surface area contributed by atoms with Gasteiger partial charge in [-0.25, -0.2) is 9.18 Å². The summed E-state index contributed by atoms with van der Waals surface area (Å²) in [5.41, 5.74) is 2.58. The number of thiocarbonyl (C=S) groups is 1. The van der Waals surface area contributed by atoms with Gasteiger partial charge in [-0.15, -0.1) is 0 Å². The first-order chi connectivity index (χ1) is 18.4. The molecule has 2 aromatic carbocycles. The standard InChI is InChI=1S/C28H24FN5O3S/c29-20-9-1-2-10-21(20)31-24(35)13-16-34-26(25(32-28(34)38)22-11-3-4-14-30-22)23-12-6-15-33(23)19-8-5-7-18(17-19)27(36)37/h1-12,14-15,17,25-26H,13,16H2,(H,31,35)(H,32,38)(H,36,37)/t25-,26+/m1/s1. The second-order valence-corrected chi connectivity index (χ2v) is 9.14. The van der Waals surface area contributed by atoms with Crippen molar-refractivity contribution in [3.8, 4) is 5.69 Å². The molecule has 5 rings (SSSR count). The summed E-state index contributed by atoms with van der Waals surface area (Å²) >= 11 is 5.69. The first kappa shape index (κ1) is 25.1. The quantitative estimate of drug-likeness (QED) is 0.284. The summed E-state index contributed by atoms with van der Waals surface area (Å²) in [7, 11) is 0. The molecule has 0 spiro atoms. The van der Waals surface area contributed by atoms with E-state index < -0.39 is 11.8 Å². The SMILES string of the molecule is O=C(CCN1C(=S)N[C@H](c2ccccn2)[C@@H]1c1cccn1-c1cccc(C(=O)O)c1)Nc1ccccc1F. The van der Waals surface area contributed by atoms with E-state index in [9.17, 15) is 19.1 Å². The minimum atomic E-state index is -1.02. The lowest BCUT2D eigenvalue weighted by atomic mass is 10.0. The fraction of sp³-hybridized carbons (Fsp3) is 0.143. The normalized spacial score (nSPS) is 16.8. The molecule has 8 nitrogen and oxygen atoms in total. The third kappa shape index (κ3) is 5.12. The number of halogens is 1. The number of carbonyl (C=O) groups is 2. The highest BCUT2D eigenvalue weighted by Gasteiger charge is 2.41. The van der Waals surface area contributed by atoms with Crippen molar-refractivity contribution >= 4 is 34.9 Å². The molecule has 0 bridgehead atoms. The molecule has 4 aromatic rings. The average molecular weight is 530 g/mol. The fourth-order valence-electron chi connectivity index (χ4n) is 4.62. The van der Waals surface area contributed by atoms with E-state index in [0.717, 1.165) is 11.4 Å². The van der Waals surface area contributed by atoms with Crippen molar-refractivity contribution in [1.29, 1.82) is 0 Å². The minimum absolute atomic E-state index is 0.0663. The van der Waals surface area contributed by atoms with Gasteiger partial charge in [0.05, 0.1) is 29.0 Å². The molecule has 0 radical (unpaired) electrons. The lowest BCUT2D eigenvalue weighted by Gasteiger charge is -2.29. The van der Waals surface area contributed by atoms with Gasteiger partial charge in [-0.1, -0.05) is 24.3 Å². The highest BCUT2D eigenvalue weighted by Crippen LogP contribution is 2.39. The van der Waals surface area contributed by atoms with Crippen LogP contribution in [-0.2, 0) is 4.79 Å². The Hall–Kier alpha value is -4.57. The molecule has 3 N–H and O–H groups in total. The molecule has 3 heterocycles. The predicted molar refractivity (Wildman–Crippen MR) is 145 cm³/mol. The predicted octanol–water partition coefficient (Wildman–Crippen LogP) is 4.71. The van der Waals surface area contributed by atoms with Crippen LogP contribution in [0.25, 0.3) is 5.69 Å². The largest absolute Gasteiger partial charge is 0.478 e. The number of aromatic carboxylic acids is 1. The molecular weight excluding hydrogens is 505 g/mol. The second-order valence-electron chi connectivity index (χ2n) is 8.76. The number of nitrogens with one attached hydrogen (secondary N) is 2. The van der Waals surface area contributed by atoms with E-state index in [0.29, 0.717) is 10.8 Å². The molecule has 1 aliphatic rings. The van der Waals surface area contributed by atoms with E-state index in [1.165, 1.54) is 12.1 Å². The summed E-state index contributed by atoms with van der Waals surface area (Å²) in [5.74, 6) is -1.87. The van der Waals surface area contributed by atoms with E-state index in [-0.39, 0.29) is 42.2 Å². The number of carboxylic acids is 1. The second kappa shape index (κ2) is 10.8. The maximum Gasteiger partial charge on any atom is 0.335 e. The summed E-state index contributed by atoms with van der Waals surface area (Å²) < 4.78 is 15.9. The van der Waals surface area contributed by atoms with E-state index >= 15 is 0 Å². The number of amides is 1. The Labute approximate surface area is 223 Å². The Morgan fingerprint density at radius 2 is 1.87 bits per heavy atom. The van der Waals surface area contributed by atoms with Crippen molar-refractivity contribution in [3.05, 3.63) is 114 Å². The van der Waals surface area contributed by atoms with Gasteiger partial charge in [0.2, 0.25) is 5.91 Å². The number of rotatable bonds is 8. The summed E-state index contributed by atoms with van der Waals surface area (Å²) in [6.07, 6.45) is 3.63. The van der Waals surface area contributed by atoms with Crippen LogP contribution in [-0.4, -0.2) is 43.1 Å². The number of hydrogen-bond donors (Lipinski definition) is 3. The van der Waals surface area contributed by atoms with Gasteiger partial charge < -0.3 is 25.2 Å². The number of aromatic nitrogens is 2. The van der Waals surface area contributed by atoms with E-state index in [1.54, 1.807) is 36.5 Å². The van der Waals surface area contributed by atoms with Crippen LogP contribution in [0.1, 0.15) is 40.3 Å². The van der Waals surface area contributed by atoms with Gasteiger partial charge >= 0.3 is 5.97 Å². The van der Waals surface area contributed by atoms with E-state index in [4.69, 9.17) is 12.2 Å². The molecule has 192 valence electrons. The third-order valence-corrected chi connectivity index (χ3v) is 6.73. The lowest BCUT2D eigenvalue weighted by molar-refractivity contribution is -0.116. The molecule has 10 heteroatoms. The molecule has 38 heavy (non-hydrogen) atoms. The number of carbonyl (C=O) groups excluding carboxylic acids is 1. The van der Waals surface area contributed by atoms with Crippen molar-refractivity contribution in [2.24, 2.45) is 0 Å². The van der Waals surface area contributed by atoms with Crippen molar-refractivity contribution in [2.75, 3.05) is 11.9 Å². The van der Waals surface area contributed by atoms with Crippen LogP contribution < -0.4 is 10.6 Å². The molecule has 1 aliphatic heterocycles. The van der Waals surface area contributed by atoms with Gasteiger partial charge in [0, 0.05) is 36.7 Å². The zero-order valence-corrected chi connectivity index (χ0v) is 20.9. The van der Waals surface area contributed by atoms with Crippen molar-refractivity contribution in [3.63, 3.8) is 0 Å². The first-order valence-electron chi connectivity index (χ1n) is 12.0. The molecule has 1 fully saturated rings. The zero-order valence-electron chi connectivity index (χ0n) is 20.1. The summed E-state index contributed by atoms with van der Waals surface area (Å²) in [4.78, 5) is 30.8. The number of hydrogen-bond acceptors (Lipinski definition) is 4. The third-order valence-electron chi connectivity index (χ3n) is 6.38. The summed E-state index contributed by atoms with van der Waals surface area (Å²) in [6, 6.07) is 21.4. The van der Waals surface area contributed by atoms with Gasteiger partial charge in [-0.05, 0) is 66.8 Å². The van der Waals surface area contributed by atoms with Crippen LogP contribution in [0.4, 0.5) is 10.1 Å². The highest BCUT2D eigenvalue weighted by atomic mass is 32.1. The number of carboxylic acid groups (broad SMARTS) is 1. The highest BCUT2D eigenvalue weighted by molar-refractivity contribution is 7.80. The van der Waals surface area contributed by atoms with Gasteiger partial charge in [-0.2, -0.15) is 0 Å². The van der Waals surface area contributed by atoms with E-state index in [1.807, 2.05) is 52.1 Å². The Bertz CT molecular complexity index is 1490. The Balaban J connectivity index is 1.47. The van der Waals surface area contributed by atoms with Crippen LogP contribution in [0.2, 0.25) is 0 Å². The van der Waals surface area contributed by atoms with Crippen molar-refractivity contribution in [2.45, 2.75) is 18.5 Å². The number of benzene rings is 2. The van der Waals surface area contributed by atoms with Gasteiger partial charge in [0.1, 0.15) is 5.82 Å². The van der Waals surface area contributed by atoms with Gasteiger partial charge in [0.15, 0.2) is 5.11 Å². The minimum Gasteiger partial charge on any atom is -0.478 e. The van der Waals surface area contributed by atoms with Gasteiger partial charge in [0.25, 0.3) is 0 Å². The Kier molecular flexibility index (Phi) is 7.14. The molecular formula is C28H24FN5O3S. The number of nitrogens with zero attached hydrogens (tertiary/aromatic N) is 3. The zero-order chi connectivity index (χ0) is 26.6. The molecule has 1 saturated heterocycles. The molecule has 0 unspecified atom stereocenters. The number of para-hydroxylation sites is 1. The lowest BCUT2D eigenvalue weighted by Crippen LogP contribution is -2.33. The fourth-order valence-corrected chi connectivity index (χ4v) is 4.96. The van der Waals surface area contributed by atoms with Crippen LogP contribution in [0.5, 0.6) is 0 Å². The molecule has 2 atom stereocenters. The first-order valence-corrected chi connectivity index (χ1v) is 12.4. The monoisotopic (exact) mass is 529 g/mol. The molecule has 0 aliphatic carbocycles. The number of anilines is 1. The van der Waals surface area contributed by atoms with E-state index in [2.05, 4.69) is 15.6 Å². The van der Waals surface area contributed by atoms with Gasteiger partial charge in [-0.3, -0.25) is 9.78 Å². The summed E-state index contributed by atoms with van der Waals surface area (Å²) in [5, 5.41) is 15.9. The maximum absolute atomic E-state index is 14.0. The molecule has 1 amide bonds. The van der Waals surface area contributed by atoms with Crippen LogP contribution in [0.3, 0.4) is 0 Å². The average Bonchev–Trinajstić information content (AvgIpc) is 3.53. The summed E-state index contributed by atoms with van der Waals surface area (Å²) in [6.45, 7) is 0.264. The smallest absolute Gasteiger partial charge is 0.335 e.